The minimum Gasteiger partial charge on any atom is -0.380 e. The van der Waals surface area contributed by atoms with Gasteiger partial charge in [0, 0.05) is 6.54 Å². The summed E-state index contributed by atoms with van der Waals surface area (Å²) in [6.07, 6.45) is 0. The summed E-state index contributed by atoms with van der Waals surface area (Å²) in [6, 6.07) is 16.3. The van der Waals surface area contributed by atoms with Gasteiger partial charge in [0.25, 0.3) is 0 Å². The summed E-state index contributed by atoms with van der Waals surface area (Å²) in [4.78, 5) is 0. The monoisotopic (exact) mass is 231 g/mol. The molecule has 0 atom stereocenters. The average Bonchev–Trinajstić information content (AvgIpc) is 2.30. The maximum atomic E-state index is 6.05. The van der Waals surface area contributed by atoms with E-state index in [0.717, 1.165) is 17.3 Å². The molecule has 1 nitrogen and oxygen atoms in total. The zero-order valence-electron chi connectivity index (χ0n) is 9.20. The number of para-hydroxylation sites is 1. The largest absolute Gasteiger partial charge is 0.380 e. The van der Waals surface area contributed by atoms with Crippen molar-refractivity contribution in [3.05, 3.63) is 64.7 Å². The molecule has 2 rings (SSSR count). The number of rotatable bonds is 3. The van der Waals surface area contributed by atoms with Crippen molar-refractivity contribution in [3.63, 3.8) is 0 Å². The summed E-state index contributed by atoms with van der Waals surface area (Å²) < 4.78 is 0. The van der Waals surface area contributed by atoms with Crippen LogP contribution >= 0.6 is 11.6 Å². The number of hydrogen-bond donors (Lipinski definition) is 1. The second kappa shape index (κ2) is 5.04. The topological polar surface area (TPSA) is 12.0 Å². The van der Waals surface area contributed by atoms with E-state index in [2.05, 4.69) is 36.5 Å². The number of nitrogens with one attached hydrogen (secondary N) is 1. The van der Waals surface area contributed by atoms with Crippen LogP contribution in [0.15, 0.2) is 48.5 Å². The van der Waals surface area contributed by atoms with Crippen LogP contribution in [-0.4, -0.2) is 0 Å². The van der Waals surface area contributed by atoms with Crippen LogP contribution in [0.3, 0.4) is 0 Å². The highest BCUT2D eigenvalue weighted by Crippen LogP contribution is 2.21. The Kier molecular flexibility index (Phi) is 3.47. The first-order valence-corrected chi connectivity index (χ1v) is 5.67. The van der Waals surface area contributed by atoms with Gasteiger partial charge >= 0.3 is 0 Å². The minimum absolute atomic E-state index is 0.759. The predicted octanol–water partition coefficient (Wildman–Crippen LogP) is 4.26. The van der Waals surface area contributed by atoms with Crippen molar-refractivity contribution in [2.24, 2.45) is 0 Å². The SMILES string of the molecule is Cc1ccc(CNc2ccccc2Cl)cc1. The van der Waals surface area contributed by atoms with E-state index in [4.69, 9.17) is 11.6 Å². The lowest BCUT2D eigenvalue weighted by Crippen LogP contribution is -1.99. The smallest absolute Gasteiger partial charge is 0.0637 e. The Hall–Kier alpha value is -1.47. The summed E-state index contributed by atoms with van der Waals surface area (Å²) in [5.41, 5.74) is 3.51. The second-order valence-electron chi connectivity index (χ2n) is 3.82. The fraction of sp³-hybridized carbons (Fsp3) is 0.143. The zero-order valence-corrected chi connectivity index (χ0v) is 9.96. The van der Waals surface area contributed by atoms with Gasteiger partial charge in [-0.25, -0.2) is 0 Å². The van der Waals surface area contributed by atoms with Crippen LogP contribution in [-0.2, 0) is 6.54 Å². The molecular weight excluding hydrogens is 218 g/mol. The highest BCUT2D eigenvalue weighted by atomic mass is 35.5. The summed E-state index contributed by atoms with van der Waals surface area (Å²) >= 11 is 6.05. The van der Waals surface area contributed by atoms with Gasteiger partial charge in [-0.2, -0.15) is 0 Å². The van der Waals surface area contributed by atoms with Crippen LogP contribution in [0.4, 0.5) is 5.69 Å². The quantitative estimate of drug-likeness (QED) is 0.832. The van der Waals surface area contributed by atoms with E-state index in [-0.39, 0.29) is 0 Å². The molecule has 2 aromatic rings. The van der Waals surface area contributed by atoms with Gasteiger partial charge in [-0.15, -0.1) is 0 Å². The molecule has 0 bridgehead atoms. The molecule has 0 aliphatic carbocycles. The highest BCUT2D eigenvalue weighted by Gasteiger charge is 1.97. The molecule has 0 saturated carbocycles. The van der Waals surface area contributed by atoms with Crippen molar-refractivity contribution in [1.82, 2.24) is 0 Å². The number of halogens is 1. The van der Waals surface area contributed by atoms with E-state index >= 15 is 0 Å². The molecule has 0 amide bonds. The van der Waals surface area contributed by atoms with Crippen LogP contribution in [0.25, 0.3) is 0 Å². The lowest BCUT2D eigenvalue weighted by Gasteiger charge is -2.08. The Morgan fingerprint density at radius 2 is 1.69 bits per heavy atom. The third-order valence-electron chi connectivity index (χ3n) is 2.48. The van der Waals surface area contributed by atoms with Crippen LogP contribution in [0, 0.1) is 6.92 Å². The van der Waals surface area contributed by atoms with Gasteiger partial charge in [-0.1, -0.05) is 53.6 Å². The van der Waals surface area contributed by atoms with E-state index in [1.54, 1.807) is 0 Å². The number of anilines is 1. The first-order chi connectivity index (χ1) is 7.75. The van der Waals surface area contributed by atoms with Crippen molar-refractivity contribution in [3.8, 4) is 0 Å². The summed E-state index contributed by atoms with van der Waals surface area (Å²) in [7, 11) is 0. The molecule has 0 spiro atoms. The molecule has 2 heteroatoms. The number of aryl methyl sites for hydroxylation is 1. The van der Waals surface area contributed by atoms with Gasteiger partial charge in [0.05, 0.1) is 10.7 Å². The Morgan fingerprint density at radius 1 is 1.00 bits per heavy atom. The van der Waals surface area contributed by atoms with E-state index in [9.17, 15) is 0 Å². The zero-order chi connectivity index (χ0) is 11.4. The molecule has 0 aliphatic heterocycles. The third-order valence-corrected chi connectivity index (χ3v) is 2.81. The van der Waals surface area contributed by atoms with Gasteiger partial charge in [0.15, 0.2) is 0 Å². The van der Waals surface area contributed by atoms with E-state index in [1.165, 1.54) is 11.1 Å². The molecule has 2 aromatic carbocycles. The lowest BCUT2D eigenvalue weighted by molar-refractivity contribution is 1.14. The van der Waals surface area contributed by atoms with Crippen molar-refractivity contribution >= 4 is 17.3 Å². The summed E-state index contributed by atoms with van der Waals surface area (Å²) in [6.45, 7) is 2.88. The highest BCUT2D eigenvalue weighted by molar-refractivity contribution is 6.33. The fourth-order valence-electron chi connectivity index (χ4n) is 1.51. The molecule has 0 aliphatic rings. The molecule has 16 heavy (non-hydrogen) atoms. The fourth-order valence-corrected chi connectivity index (χ4v) is 1.71. The minimum atomic E-state index is 0.759. The van der Waals surface area contributed by atoms with Crippen LogP contribution in [0.5, 0.6) is 0 Å². The molecular formula is C14H14ClN. The van der Waals surface area contributed by atoms with Gasteiger partial charge in [-0.3, -0.25) is 0 Å². The summed E-state index contributed by atoms with van der Waals surface area (Å²) in [5.74, 6) is 0. The molecule has 0 radical (unpaired) electrons. The Bertz CT molecular complexity index is 462. The molecule has 0 saturated heterocycles. The maximum absolute atomic E-state index is 6.05. The Morgan fingerprint density at radius 3 is 2.38 bits per heavy atom. The molecule has 1 N–H and O–H groups in total. The third kappa shape index (κ3) is 2.77. The van der Waals surface area contributed by atoms with Gasteiger partial charge in [0.1, 0.15) is 0 Å². The Labute approximate surface area is 101 Å². The van der Waals surface area contributed by atoms with E-state index in [1.807, 2.05) is 24.3 Å². The van der Waals surface area contributed by atoms with Gasteiger partial charge in [0.2, 0.25) is 0 Å². The molecule has 0 heterocycles. The average molecular weight is 232 g/mol. The van der Waals surface area contributed by atoms with Crippen molar-refractivity contribution in [1.29, 1.82) is 0 Å². The Balaban J connectivity index is 2.02. The maximum Gasteiger partial charge on any atom is 0.0637 e. The molecule has 0 unspecified atom stereocenters. The van der Waals surface area contributed by atoms with Crippen molar-refractivity contribution in [2.45, 2.75) is 13.5 Å². The number of hydrogen-bond acceptors (Lipinski definition) is 1. The number of benzene rings is 2. The molecule has 0 fully saturated rings. The van der Waals surface area contributed by atoms with Gasteiger partial charge < -0.3 is 5.32 Å². The van der Waals surface area contributed by atoms with E-state index in [0.29, 0.717) is 0 Å². The second-order valence-corrected chi connectivity index (χ2v) is 4.23. The standard InChI is InChI=1S/C14H14ClN/c1-11-6-8-12(9-7-11)10-16-14-5-3-2-4-13(14)15/h2-9,16H,10H2,1H3. The van der Waals surface area contributed by atoms with Crippen LogP contribution in [0.2, 0.25) is 5.02 Å². The first kappa shape index (κ1) is 11.0. The van der Waals surface area contributed by atoms with Crippen molar-refractivity contribution in [2.75, 3.05) is 5.32 Å². The first-order valence-electron chi connectivity index (χ1n) is 5.29. The lowest BCUT2D eigenvalue weighted by atomic mass is 10.1. The molecule has 0 aromatic heterocycles. The summed E-state index contributed by atoms with van der Waals surface area (Å²) in [5, 5.41) is 4.08. The van der Waals surface area contributed by atoms with Crippen LogP contribution < -0.4 is 5.32 Å². The van der Waals surface area contributed by atoms with Crippen LogP contribution in [0.1, 0.15) is 11.1 Å². The molecule has 82 valence electrons. The van der Waals surface area contributed by atoms with Crippen molar-refractivity contribution < 1.29 is 0 Å². The predicted molar refractivity (Wildman–Crippen MR) is 70.0 cm³/mol. The normalized spacial score (nSPS) is 10.1. The van der Waals surface area contributed by atoms with E-state index < -0.39 is 0 Å². The van der Waals surface area contributed by atoms with Gasteiger partial charge in [-0.05, 0) is 24.6 Å².